The first-order valence-electron chi connectivity index (χ1n) is 6.95. The number of benzene rings is 1. The number of rotatable bonds is 8. The topological polar surface area (TPSA) is 12.0 Å². The van der Waals surface area contributed by atoms with Crippen LogP contribution in [0, 0.1) is 17.5 Å². The molecule has 0 amide bonds. The van der Waals surface area contributed by atoms with Crippen molar-refractivity contribution >= 4 is 0 Å². The summed E-state index contributed by atoms with van der Waals surface area (Å²) in [6, 6.07) is 2.45. The van der Waals surface area contributed by atoms with Crippen LogP contribution in [0.25, 0.3) is 0 Å². The van der Waals surface area contributed by atoms with Crippen LogP contribution in [0.4, 0.5) is 13.2 Å². The first-order chi connectivity index (χ1) is 9.08. The summed E-state index contributed by atoms with van der Waals surface area (Å²) in [4.78, 5) is 0. The van der Waals surface area contributed by atoms with Gasteiger partial charge in [0.25, 0.3) is 0 Å². The van der Waals surface area contributed by atoms with Crippen LogP contribution in [0.15, 0.2) is 12.1 Å². The van der Waals surface area contributed by atoms with Gasteiger partial charge in [-0.15, -0.1) is 0 Å². The maximum atomic E-state index is 13.1. The van der Waals surface area contributed by atoms with E-state index in [1.54, 1.807) is 0 Å². The van der Waals surface area contributed by atoms with Gasteiger partial charge in [-0.2, -0.15) is 0 Å². The van der Waals surface area contributed by atoms with Crippen molar-refractivity contribution in [3.8, 4) is 0 Å². The summed E-state index contributed by atoms with van der Waals surface area (Å²) in [7, 11) is 0. The molecule has 0 saturated heterocycles. The van der Waals surface area contributed by atoms with Crippen molar-refractivity contribution in [2.45, 2.75) is 58.5 Å². The number of nitrogens with one attached hydrogen (secondary N) is 1. The second-order valence-corrected chi connectivity index (χ2v) is 4.88. The van der Waals surface area contributed by atoms with Crippen LogP contribution >= 0.6 is 0 Å². The molecule has 0 bridgehead atoms. The molecular weight excluding hydrogens is 251 g/mol. The molecule has 0 aliphatic heterocycles. The van der Waals surface area contributed by atoms with Crippen LogP contribution < -0.4 is 5.32 Å². The van der Waals surface area contributed by atoms with Crippen LogP contribution in [-0.4, -0.2) is 6.04 Å². The molecule has 0 saturated carbocycles. The Morgan fingerprint density at radius 3 is 2.16 bits per heavy atom. The van der Waals surface area contributed by atoms with Crippen LogP contribution in [0.2, 0.25) is 0 Å². The smallest absolute Gasteiger partial charge is 0.194 e. The lowest BCUT2D eigenvalue weighted by molar-refractivity contribution is 0.425. The second kappa shape index (κ2) is 8.20. The number of unbranched alkanes of at least 4 members (excludes halogenated alkanes) is 1. The zero-order valence-corrected chi connectivity index (χ0v) is 11.6. The number of hydrogen-bond acceptors (Lipinski definition) is 1. The zero-order valence-electron chi connectivity index (χ0n) is 11.6. The van der Waals surface area contributed by atoms with Crippen LogP contribution in [-0.2, 0) is 6.54 Å². The van der Waals surface area contributed by atoms with E-state index < -0.39 is 17.5 Å². The standard InChI is InChI=1S/C15H22F3N/c1-3-5-7-12(6-4-2)19-10-11-8-13(16)15(18)14(17)9-11/h8-9,12,19H,3-7,10H2,1-2H3. The molecular formula is C15H22F3N. The lowest BCUT2D eigenvalue weighted by Gasteiger charge is -2.18. The summed E-state index contributed by atoms with van der Waals surface area (Å²) in [5.41, 5.74) is 0.439. The van der Waals surface area contributed by atoms with Crippen molar-refractivity contribution in [1.29, 1.82) is 0 Å². The van der Waals surface area contributed by atoms with Crippen LogP contribution in [0.1, 0.15) is 51.5 Å². The van der Waals surface area contributed by atoms with Crippen molar-refractivity contribution in [2.75, 3.05) is 0 Å². The largest absolute Gasteiger partial charge is 0.310 e. The minimum atomic E-state index is -1.40. The number of halogens is 3. The van der Waals surface area contributed by atoms with E-state index in [9.17, 15) is 13.2 Å². The fourth-order valence-corrected chi connectivity index (χ4v) is 2.12. The van der Waals surface area contributed by atoms with E-state index in [1.807, 2.05) is 0 Å². The lowest BCUT2D eigenvalue weighted by atomic mass is 10.0. The van der Waals surface area contributed by atoms with E-state index >= 15 is 0 Å². The molecule has 1 aromatic rings. The molecule has 1 N–H and O–H groups in total. The maximum Gasteiger partial charge on any atom is 0.194 e. The van der Waals surface area contributed by atoms with E-state index in [0.29, 0.717) is 18.2 Å². The SMILES string of the molecule is CCCCC(CCC)NCc1cc(F)c(F)c(F)c1. The molecule has 0 aliphatic carbocycles. The molecule has 0 heterocycles. The molecule has 1 rings (SSSR count). The predicted octanol–water partition coefficient (Wildman–Crippen LogP) is 4.55. The molecule has 4 heteroatoms. The van der Waals surface area contributed by atoms with E-state index in [2.05, 4.69) is 19.2 Å². The first-order valence-corrected chi connectivity index (χ1v) is 6.95. The Labute approximate surface area is 113 Å². The summed E-state index contributed by atoms with van der Waals surface area (Å²) >= 11 is 0. The molecule has 1 nitrogen and oxygen atoms in total. The average molecular weight is 273 g/mol. The average Bonchev–Trinajstić information content (AvgIpc) is 2.39. The van der Waals surface area contributed by atoms with E-state index in [-0.39, 0.29) is 0 Å². The van der Waals surface area contributed by atoms with E-state index in [0.717, 1.165) is 44.2 Å². The Kier molecular flexibility index (Phi) is 6.92. The fraction of sp³-hybridized carbons (Fsp3) is 0.600. The van der Waals surface area contributed by atoms with Gasteiger partial charge in [-0.25, -0.2) is 13.2 Å². The van der Waals surface area contributed by atoms with Gasteiger partial charge >= 0.3 is 0 Å². The molecule has 0 spiro atoms. The van der Waals surface area contributed by atoms with Crippen molar-refractivity contribution in [2.24, 2.45) is 0 Å². The predicted molar refractivity (Wildman–Crippen MR) is 71.4 cm³/mol. The summed E-state index contributed by atoms with van der Waals surface area (Å²) < 4.78 is 39.0. The van der Waals surface area contributed by atoms with Crippen molar-refractivity contribution < 1.29 is 13.2 Å². The van der Waals surface area contributed by atoms with Gasteiger partial charge in [0, 0.05) is 12.6 Å². The molecule has 19 heavy (non-hydrogen) atoms. The highest BCUT2D eigenvalue weighted by atomic mass is 19.2. The minimum absolute atomic E-state index is 0.348. The quantitative estimate of drug-likeness (QED) is 0.685. The van der Waals surface area contributed by atoms with Gasteiger partial charge < -0.3 is 5.32 Å². The Morgan fingerprint density at radius 2 is 1.63 bits per heavy atom. The highest BCUT2D eigenvalue weighted by molar-refractivity contribution is 5.19. The van der Waals surface area contributed by atoms with Crippen LogP contribution in [0.5, 0.6) is 0 Å². The molecule has 0 radical (unpaired) electrons. The lowest BCUT2D eigenvalue weighted by Crippen LogP contribution is -2.28. The second-order valence-electron chi connectivity index (χ2n) is 4.88. The Morgan fingerprint density at radius 1 is 1.00 bits per heavy atom. The molecule has 1 atom stereocenters. The highest BCUT2D eigenvalue weighted by Crippen LogP contribution is 2.14. The third-order valence-electron chi connectivity index (χ3n) is 3.18. The Bertz CT molecular complexity index is 370. The zero-order chi connectivity index (χ0) is 14.3. The van der Waals surface area contributed by atoms with Gasteiger partial charge in [0.15, 0.2) is 17.5 Å². The van der Waals surface area contributed by atoms with Gasteiger partial charge in [0.05, 0.1) is 0 Å². The van der Waals surface area contributed by atoms with Crippen molar-refractivity contribution in [3.05, 3.63) is 35.1 Å². The van der Waals surface area contributed by atoms with Gasteiger partial charge in [0.1, 0.15) is 0 Å². The highest BCUT2D eigenvalue weighted by Gasteiger charge is 2.12. The van der Waals surface area contributed by atoms with E-state index in [1.165, 1.54) is 0 Å². The molecule has 0 fully saturated rings. The molecule has 108 valence electrons. The Hall–Kier alpha value is -1.03. The fourth-order valence-electron chi connectivity index (χ4n) is 2.12. The maximum absolute atomic E-state index is 13.1. The van der Waals surface area contributed by atoms with Gasteiger partial charge in [-0.3, -0.25) is 0 Å². The molecule has 0 aromatic heterocycles. The normalized spacial score (nSPS) is 12.7. The number of hydrogen-bond donors (Lipinski definition) is 1. The third-order valence-corrected chi connectivity index (χ3v) is 3.18. The van der Waals surface area contributed by atoms with Crippen molar-refractivity contribution in [1.82, 2.24) is 5.32 Å². The minimum Gasteiger partial charge on any atom is -0.310 e. The van der Waals surface area contributed by atoms with Gasteiger partial charge in [-0.05, 0) is 30.5 Å². The van der Waals surface area contributed by atoms with Crippen molar-refractivity contribution in [3.63, 3.8) is 0 Å². The molecule has 1 unspecified atom stereocenters. The van der Waals surface area contributed by atoms with Gasteiger partial charge in [0.2, 0.25) is 0 Å². The summed E-state index contributed by atoms with van der Waals surface area (Å²) in [5, 5.41) is 3.29. The van der Waals surface area contributed by atoms with E-state index in [4.69, 9.17) is 0 Å². The first kappa shape index (κ1) is 16.0. The third kappa shape index (κ3) is 5.23. The molecule has 1 aromatic carbocycles. The van der Waals surface area contributed by atoms with Gasteiger partial charge in [-0.1, -0.05) is 33.1 Å². The molecule has 0 aliphatic rings. The van der Waals surface area contributed by atoms with Crippen LogP contribution in [0.3, 0.4) is 0 Å². The monoisotopic (exact) mass is 273 g/mol. The summed E-state index contributed by atoms with van der Waals surface area (Å²) in [6.07, 6.45) is 5.40. The Balaban J connectivity index is 2.58. The summed E-state index contributed by atoms with van der Waals surface area (Å²) in [5.74, 6) is -3.66. The summed E-state index contributed by atoms with van der Waals surface area (Å²) in [6.45, 7) is 4.61.